The van der Waals surface area contributed by atoms with Crippen LogP contribution in [0.15, 0.2) is 47.5 Å². The van der Waals surface area contributed by atoms with Crippen molar-refractivity contribution >= 4 is 58.3 Å². The van der Waals surface area contributed by atoms with E-state index in [0.717, 1.165) is 5.56 Å². The zero-order chi connectivity index (χ0) is 23.5. The molecule has 1 aliphatic rings. The number of halogens is 4. The molecule has 0 saturated carbocycles. The van der Waals surface area contributed by atoms with Crippen molar-refractivity contribution in [3.63, 3.8) is 0 Å². The minimum Gasteiger partial charge on any atom is -0.442 e. The van der Waals surface area contributed by atoms with E-state index in [4.69, 9.17) is 45.3 Å². The van der Waals surface area contributed by atoms with E-state index in [-0.39, 0.29) is 31.4 Å². The van der Waals surface area contributed by atoms with Crippen molar-refractivity contribution in [1.82, 2.24) is 5.32 Å². The fourth-order valence-electron chi connectivity index (χ4n) is 3.06. The molecule has 1 unspecified atom stereocenters. The van der Waals surface area contributed by atoms with Crippen LogP contribution in [0, 0.1) is 5.82 Å². The normalized spacial score (nSPS) is 16.8. The summed E-state index contributed by atoms with van der Waals surface area (Å²) < 4.78 is 18.3. The highest BCUT2D eigenvalue weighted by molar-refractivity contribution is 6.76. The molecule has 3 rings (SSSR count). The van der Waals surface area contributed by atoms with Gasteiger partial charge in [-0.15, -0.1) is 0 Å². The summed E-state index contributed by atoms with van der Waals surface area (Å²) in [7, 11) is 0. The molecule has 1 saturated heterocycles. The highest BCUT2D eigenvalue weighted by atomic mass is 35.6. The molecule has 1 heterocycles. The van der Waals surface area contributed by atoms with Crippen LogP contribution in [-0.2, 0) is 16.1 Å². The van der Waals surface area contributed by atoms with Gasteiger partial charge in [0.1, 0.15) is 17.8 Å². The third kappa shape index (κ3) is 6.03. The van der Waals surface area contributed by atoms with Gasteiger partial charge in [0.25, 0.3) is 0 Å². The maximum Gasteiger partial charge on any atom is 0.414 e. The summed E-state index contributed by atoms with van der Waals surface area (Å²) in [6.45, 7) is 1.99. The lowest BCUT2D eigenvalue weighted by atomic mass is 10.0. The topological polar surface area (TPSA) is 97.0 Å². The second-order valence-corrected chi connectivity index (χ2v) is 9.39. The van der Waals surface area contributed by atoms with Gasteiger partial charge < -0.3 is 15.8 Å². The molecule has 0 spiro atoms. The molecule has 0 radical (unpaired) electrons. The number of nitrogens with zero attached hydrogens (tertiary/aromatic N) is 2. The largest absolute Gasteiger partial charge is 0.442 e. The van der Waals surface area contributed by atoms with Crippen molar-refractivity contribution in [2.75, 3.05) is 18.0 Å². The van der Waals surface area contributed by atoms with Crippen LogP contribution >= 0.6 is 34.8 Å². The number of anilines is 1. The Morgan fingerprint density at radius 1 is 1.28 bits per heavy atom. The van der Waals surface area contributed by atoms with Crippen LogP contribution < -0.4 is 16.0 Å². The minimum atomic E-state index is -1.77. The standard InChI is InChI=1S/C21H20Cl3FN4O3/c1-12(30)27-10-16-11-29(20(31)32-16)15-6-7-17(18(25)8-15)14-4-2-13(3-5-14)9-28-19(26)21(22,23)24/h2-8,16H,9-11H2,1H3,(H2,26,28)(H,27,30). The van der Waals surface area contributed by atoms with E-state index in [2.05, 4.69) is 10.3 Å². The van der Waals surface area contributed by atoms with E-state index < -0.39 is 21.8 Å². The fraction of sp³-hybridized carbons (Fsp3) is 0.286. The van der Waals surface area contributed by atoms with Gasteiger partial charge in [0, 0.05) is 12.5 Å². The average Bonchev–Trinajstić information content (AvgIpc) is 3.11. The number of amidine groups is 1. The Hall–Kier alpha value is -2.55. The molecule has 0 aromatic heterocycles. The van der Waals surface area contributed by atoms with Crippen molar-refractivity contribution in [3.05, 3.63) is 53.8 Å². The fourth-order valence-corrected chi connectivity index (χ4v) is 3.24. The monoisotopic (exact) mass is 500 g/mol. The van der Waals surface area contributed by atoms with Gasteiger partial charge in [-0.2, -0.15) is 0 Å². The molecule has 3 N–H and O–H groups in total. The Morgan fingerprint density at radius 2 is 1.97 bits per heavy atom. The molecule has 2 aromatic carbocycles. The predicted octanol–water partition coefficient (Wildman–Crippen LogP) is 4.18. The van der Waals surface area contributed by atoms with E-state index in [9.17, 15) is 14.0 Å². The zero-order valence-electron chi connectivity index (χ0n) is 16.9. The molecule has 170 valence electrons. The van der Waals surface area contributed by atoms with Crippen molar-refractivity contribution in [2.24, 2.45) is 10.7 Å². The highest BCUT2D eigenvalue weighted by Crippen LogP contribution is 2.30. The van der Waals surface area contributed by atoms with Crippen molar-refractivity contribution in [1.29, 1.82) is 0 Å². The Bertz CT molecular complexity index is 1040. The lowest BCUT2D eigenvalue weighted by molar-refractivity contribution is -0.119. The summed E-state index contributed by atoms with van der Waals surface area (Å²) in [5.74, 6) is -0.832. The predicted molar refractivity (Wildman–Crippen MR) is 124 cm³/mol. The zero-order valence-corrected chi connectivity index (χ0v) is 19.2. The Kier molecular flexibility index (Phi) is 7.48. The van der Waals surface area contributed by atoms with E-state index in [1.165, 1.54) is 17.9 Å². The lowest BCUT2D eigenvalue weighted by Crippen LogP contribution is -2.33. The molecular formula is C21H20Cl3FN4O3. The number of carbonyl (C=O) groups excluding carboxylic acids is 2. The van der Waals surface area contributed by atoms with Gasteiger partial charge in [-0.3, -0.25) is 14.7 Å². The molecule has 0 aliphatic carbocycles. The molecule has 0 bridgehead atoms. The number of ether oxygens (including phenoxy) is 1. The number of amides is 2. The number of benzene rings is 2. The quantitative estimate of drug-likeness (QED) is 0.352. The van der Waals surface area contributed by atoms with Gasteiger partial charge >= 0.3 is 6.09 Å². The van der Waals surface area contributed by atoms with E-state index in [0.29, 0.717) is 16.8 Å². The van der Waals surface area contributed by atoms with Crippen molar-refractivity contribution in [3.8, 4) is 11.1 Å². The molecular weight excluding hydrogens is 482 g/mol. The van der Waals surface area contributed by atoms with Crippen molar-refractivity contribution < 1.29 is 18.7 Å². The molecule has 1 atom stereocenters. The second kappa shape index (κ2) is 9.94. The van der Waals surface area contributed by atoms with Crippen molar-refractivity contribution in [2.45, 2.75) is 23.4 Å². The first-order valence-corrected chi connectivity index (χ1v) is 10.7. The SMILES string of the molecule is CC(=O)NCC1CN(c2ccc(-c3ccc(CN=C(N)C(Cl)(Cl)Cl)cc3)c(F)c2)C(=O)O1. The summed E-state index contributed by atoms with van der Waals surface area (Å²) in [6.07, 6.45) is -1.09. The third-order valence-corrected chi connectivity index (χ3v) is 5.29. The number of hydrogen-bond acceptors (Lipinski definition) is 4. The second-order valence-electron chi connectivity index (χ2n) is 7.11. The van der Waals surface area contributed by atoms with Gasteiger partial charge in [0.15, 0.2) is 0 Å². The maximum absolute atomic E-state index is 14.8. The summed E-state index contributed by atoms with van der Waals surface area (Å²) in [5, 5.41) is 2.60. The molecule has 32 heavy (non-hydrogen) atoms. The first-order chi connectivity index (χ1) is 15.0. The number of carbonyl (C=O) groups is 2. The van der Waals surface area contributed by atoms with Crippen LogP contribution in [0.2, 0.25) is 0 Å². The Balaban J connectivity index is 1.70. The van der Waals surface area contributed by atoms with Crippen LogP contribution in [0.5, 0.6) is 0 Å². The molecule has 11 heteroatoms. The highest BCUT2D eigenvalue weighted by Gasteiger charge is 2.32. The third-order valence-electron chi connectivity index (χ3n) is 4.70. The first kappa shape index (κ1) is 24.1. The number of alkyl halides is 3. The maximum atomic E-state index is 14.8. The number of cyclic esters (lactones) is 1. The van der Waals surface area contributed by atoms with Gasteiger partial charge in [0.2, 0.25) is 9.70 Å². The van der Waals surface area contributed by atoms with E-state index in [1.54, 1.807) is 36.4 Å². The minimum absolute atomic E-state index is 0.118. The summed E-state index contributed by atoms with van der Waals surface area (Å²) >= 11 is 17.0. The number of hydrogen-bond donors (Lipinski definition) is 2. The molecule has 2 aromatic rings. The van der Waals surface area contributed by atoms with E-state index in [1.807, 2.05) is 0 Å². The Labute approximate surface area is 199 Å². The van der Waals surface area contributed by atoms with Crippen LogP contribution in [0.1, 0.15) is 12.5 Å². The molecule has 7 nitrogen and oxygen atoms in total. The smallest absolute Gasteiger partial charge is 0.414 e. The number of nitrogens with one attached hydrogen (secondary N) is 1. The summed E-state index contributed by atoms with van der Waals surface area (Å²) in [6, 6.07) is 11.5. The average molecular weight is 502 g/mol. The number of rotatable bonds is 6. The molecule has 1 fully saturated rings. The number of aliphatic imine (C=N–C) groups is 1. The van der Waals surface area contributed by atoms with Crippen LogP contribution in [-0.4, -0.2) is 40.8 Å². The Morgan fingerprint density at radius 3 is 2.56 bits per heavy atom. The van der Waals surface area contributed by atoms with Crippen LogP contribution in [0.25, 0.3) is 11.1 Å². The number of nitrogens with two attached hydrogens (primary N) is 1. The van der Waals surface area contributed by atoms with Gasteiger partial charge in [-0.1, -0.05) is 59.1 Å². The molecule has 2 amide bonds. The molecule has 1 aliphatic heterocycles. The van der Waals surface area contributed by atoms with Gasteiger partial charge in [-0.05, 0) is 29.3 Å². The van der Waals surface area contributed by atoms with E-state index >= 15 is 0 Å². The lowest BCUT2D eigenvalue weighted by Gasteiger charge is -2.15. The van der Waals surface area contributed by atoms with Crippen LogP contribution in [0.3, 0.4) is 0 Å². The van der Waals surface area contributed by atoms with Gasteiger partial charge in [0.05, 0.1) is 25.3 Å². The summed E-state index contributed by atoms with van der Waals surface area (Å²) in [5.41, 5.74) is 7.78. The van der Waals surface area contributed by atoms with Crippen LogP contribution in [0.4, 0.5) is 14.9 Å². The van der Waals surface area contributed by atoms with Gasteiger partial charge in [-0.25, -0.2) is 9.18 Å². The summed E-state index contributed by atoms with van der Waals surface area (Å²) in [4.78, 5) is 28.5. The first-order valence-electron chi connectivity index (χ1n) is 9.53.